The Bertz CT molecular complexity index is 806. The van der Waals surface area contributed by atoms with Crippen LogP contribution in [0, 0.1) is 6.92 Å². The minimum absolute atomic E-state index is 0.0990. The number of anilines is 2. The topological polar surface area (TPSA) is 66.5 Å². The lowest BCUT2D eigenvalue weighted by molar-refractivity contribution is -0.121. The zero-order chi connectivity index (χ0) is 18.5. The van der Waals surface area contributed by atoms with Crippen molar-refractivity contribution >= 4 is 40.9 Å². The zero-order valence-corrected chi connectivity index (χ0v) is 15.3. The first kappa shape index (κ1) is 18.2. The van der Waals surface area contributed by atoms with Crippen LogP contribution in [0.15, 0.2) is 54.6 Å². The summed E-state index contributed by atoms with van der Waals surface area (Å²) < 4.78 is 0. The number of amides is 3. The first-order valence-electron chi connectivity index (χ1n) is 8.44. The molecule has 3 amide bonds. The van der Waals surface area contributed by atoms with Crippen LogP contribution in [0.25, 0.3) is 0 Å². The van der Waals surface area contributed by atoms with Crippen LogP contribution in [-0.2, 0) is 14.4 Å². The molecule has 134 valence electrons. The fraction of sp³-hybridized carbons (Fsp3) is 0.250. The van der Waals surface area contributed by atoms with Gasteiger partial charge in [-0.05, 0) is 31.2 Å². The highest BCUT2D eigenvalue weighted by Crippen LogP contribution is 2.29. The van der Waals surface area contributed by atoms with E-state index in [1.807, 2.05) is 37.3 Å². The molecular weight excluding hydrogens is 348 g/mol. The molecule has 2 aromatic carbocycles. The van der Waals surface area contributed by atoms with E-state index in [1.54, 1.807) is 24.3 Å². The number of aryl methyl sites for hydroxylation is 1. The van der Waals surface area contributed by atoms with E-state index in [0.717, 1.165) is 11.3 Å². The standard InChI is InChI=1S/C20H20N2O3S/c1-14-7-9-15(10-8-14)21-18(23)11-12-26-17-13-19(24)22(20(17)25)16-5-3-2-4-6-16/h2-10,17H,11-13H2,1H3,(H,21,23)/t17-/m0/s1. The van der Waals surface area contributed by atoms with Crippen LogP contribution in [0.3, 0.4) is 0 Å². The fourth-order valence-electron chi connectivity index (χ4n) is 2.74. The molecule has 3 rings (SSSR count). The lowest BCUT2D eigenvalue weighted by Gasteiger charge is -2.14. The van der Waals surface area contributed by atoms with E-state index in [2.05, 4.69) is 5.32 Å². The van der Waals surface area contributed by atoms with E-state index in [-0.39, 0.29) is 24.1 Å². The highest BCUT2D eigenvalue weighted by atomic mass is 32.2. The van der Waals surface area contributed by atoms with Gasteiger partial charge in [0.05, 0.1) is 10.9 Å². The molecule has 0 aliphatic carbocycles. The largest absolute Gasteiger partial charge is 0.326 e. The first-order chi connectivity index (χ1) is 12.5. The predicted octanol–water partition coefficient (Wildman–Crippen LogP) is 3.39. The van der Waals surface area contributed by atoms with E-state index in [4.69, 9.17) is 0 Å². The highest BCUT2D eigenvalue weighted by Gasteiger charge is 2.39. The summed E-state index contributed by atoms with van der Waals surface area (Å²) in [6, 6.07) is 16.5. The number of para-hydroxylation sites is 1. The number of rotatable bonds is 6. The zero-order valence-electron chi connectivity index (χ0n) is 14.5. The van der Waals surface area contributed by atoms with Crippen LogP contribution in [0.2, 0.25) is 0 Å². The molecule has 6 heteroatoms. The van der Waals surface area contributed by atoms with Gasteiger partial charge in [0.15, 0.2) is 0 Å². The first-order valence-corrected chi connectivity index (χ1v) is 9.49. The van der Waals surface area contributed by atoms with E-state index in [9.17, 15) is 14.4 Å². The summed E-state index contributed by atoms with van der Waals surface area (Å²) in [6.45, 7) is 1.99. The highest BCUT2D eigenvalue weighted by molar-refractivity contribution is 8.00. The third-order valence-corrected chi connectivity index (χ3v) is 5.31. The van der Waals surface area contributed by atoms with Crippen molar-refractivity contribution in [3.05, 3.63) is 60.2 Å². The van der Waals surface area contributed by atoms with Gasteiger partial charge in [-0.15, -0.1) is 11.8 Å². The van der Waals surface area contributed by atoms with Crippen molar-refractivity contribution in [3.63, 3.8) is 0 Å². The Morgan fingerprint density at radius 3 is 2.50 bits per heavy atom. The van der Waals surface area contributed by atoms with Gasteiger partial charge >= 0.3 is 0 Å². The van der Waals surface area contributed by atoms with E-state index in [0.29, 0.717) is 17.9 Å². The van der Waals surface area contributed by atoms with Crippen LogP contribution in [-0.4, -0.2) is 28.7 Å². The van der Waals surface area contributed by atoms with Gasteiger partial charge < -0.3 is 5.32 Å². The van der Waals surface area contributed by atoms with E-state index < -0.39 is 5.25 Å². The molecule has 1 aliphatic heterocycles. The molecule has 0 radical (unpaired) electrons. The maximum Gasteiger partial charge on any atom is 0.247 e. The molecule has 1 saturated heterocycles. The number of hydrogen-bond donors (Lipinski definition) is 1. The number of imide groups is 1. The second kappa shape index (κ2) is 8.19. The molecule has 1 N–H and O–H groups in total. The van der Waals surface area contributed by atoms with Crippen molar-refractivity contribution in [1.29, 1.82) is 0 Å². The second-order valence-electron chi connectivity index (χ2n) is 6.13. The molecule has 26 heavy (non-hydrogen) atoms. The summed E-state index contributed by atoms with van der Waals surface area (Å²) in [6.07, 6.45) is 0.472. The molecule has 0 bridgehead atoms. The maximum atomic E-state index is 12.5. The number of thioether (sulfide) groups is 1. The minimum Gasteiger partial charge on any atom is -0.326 e. The number of carbonyl (C=O) groups excluding carboxylic acids is 3. The Balaban J connectivity index is 1.49. The number of nitrogens with one attached hydrogen (secondary N) is 1. The summed E-state index contributed by atoms with van der Waals surface area (Å²) in [4.78, 5) is 37.9. The molecule has 0 spiro atoms. The van der Waals surface area contributed by atoms with Crippen LogP contribution >= 0.6 is 11.8 Å². The smallest absolute Gasteiger partial charge is 0.247 e. The van der Waals surface area contributed by atoms with Crippen LogP contribution < -0.4 is 10.2 Å². The SMILES string of the molecule is Cc1ccc(NC(=O)CCS[C@H]2CC(=O)N(c3ccccc3)C2=O)cc1. The quantitative estimate of drug-likeness (QED) is 0.794. The number of benzene rings is 2. The van der Waals surface area contributed by atoms with Crippen molar-refractivity contribution in [2.45, 2.75) is 25.0 Å². The molecule has 1 fully saturated rings. The number of nitrogens with zero attached hydrogens (tertiary/aromatic N) is 1. The lowest BCUT2D eigenvalue weighted by Crippen LogP contribution is -2.31. The average Bonchev–Trinajstić information content (AvgIpc) is 2.91. The normalized spacial score (nSPS) is 16.8. The number of carbonyl (C=O) groups is 3. The molecule has 1 heterocycles. The van der Waals surface area contributed by atoms with E-state index in [1.165, 1.54) is 16.7 Å². The van der Waals surface area contributed by atoms with Gasteiger partial charge in [-0.3, -0.25) is 14.4 Å². The van der Waals surface area contributed by atoms with Crippen molar-refractivity contribution in [2.75, 3.05) is 16.0 Å². The summed E-state index contributed by atoms with van der Waals surface area (Å²) in [5, 5.41) is 2.41. The Hall–Kier alpha value is -2.60. The molecule has 1 atom stereocenters. The minimum atomic E-state index is -0.421. The fourth-order valence-corrected chi connectivity index (χ4v) is 3.83. The number of hydrogen-bond acceptors (Lipinski definition) is 4. The second-order valence-corrected chi connectivity index (χ2v) is 7.44. The van der Waals surface area contributed by atoms with Crippen molar-refractivity contribution < 1.29 is 14.4 Å². The summed E-state index contributed by atoms with van der Waals surface area (Å²) in [5.74, 6) is -0.00436. The molecule has 2 aromatic rings. The van der Waals surface area contributed by atoms with Gasteiger partial charge in [0, 0.05) is 24.3 Å². The predicted molar refractivity (Wildman–Crippen MR) is 104 cm³/mol. The lowest BCUT2D eigenvalue weighted by atomic mass is 10.2. The Labute approximate surface area is 156 Å². The van der Waals surface area contributed by atoms with Crippen molar-refractivity contribution in [1.82, 2.24) is 0 Å². The van der Waals surface area contributed by atoms with Gasteiger partial charge in [-0.25, -0.2) is 4.90 Å². The molecule has 5 nitrogen and oxygen atoms in total. The summed E-state index contributed by atoms with van der Waals surface area (Å²) >= 11 is 1.36. The van der Waals surface area contributed by atoms with Crippen molar-refractivity contribution in [2.24, 2.45) is 0 Å². The van der Waals surface area contributed by atoms with Crippen molar-refractivity contribution in [3.8, 4) is 0 Å². The third kappa shape index (κ3) is 4.32. The molecule has 1 aliphatic rings. The molecule has 0 unspecified atom stereocenters. The van der Waals surface area contributed by atoms with Gasteiger partial charge in [0.25, 0.3) is 0 Å². The third-order valence-electron chi connectivity index (χ3n) is 4.10. The van der Waals surface area contributed by atoms with E-state index >= 15 is 0 Å². The van der Waals surface area contributed by atoms with Crippen LogP contribution in [0.4, 0.5) is 11.4 Å². The Morgan fingerprint density at radius 1 is 1.12 bits per heavy atom. The van der Waals surface area contributed by atoms with Gasteiger partial charge in [-0.1, -0.05) is 35.9 Å². The van der Waals surface area contributed by atoms with Gasteiger partial charge in [-0.2, -0.15) is 0 Å². The maximum absolute atomic E-state index is 12.5. The monoisotopic (exact) mass is 368 g/mol. The van der Waals surface area contributed by atoms with Gasteiger partial charge in [0.1, 0.15) is 0 Å². The Kier molecular flexibility index (Phi) is 5.73. The average molecular weight is 368 g/mol. The summed E-state index contributed by atoms with van der Waals surface area (Å²) in [5.41, 5.74) is 2.49. The summed E-state index contributed by atoms with van der Waals surface area (Å²) in [7, 11) is 0. The molecular formula is C20H20N2O3S. The van der Waals surface area contributed by atoms with Crippen LogP contribution in [0.5, 0.6) is 0 Å². The van der Waals surface area contributed by atoms with Gasteiger partial charge in [0.2, 0.25) is 17.7 Å². The van der Waals surface area contributed by atoms with Crippen LogP contribution in [0.1, 0.15) is 18.4 Å². The molecule has 0 saturated carbocycles. The Morgan fingerprint density at radius 2 is 1.81 bits per heavy atom. The molecule has 0 aromatic heterocycles.